The molecule has 0 aromatic heterocycles. The summed E-state index contributed by atoms with van der Waals surface area (Å²) in [6.07, 6.45) is -1.26. The van der Waals surface area contributed by atoms with Gasteiger partial charge in [0.25, 0.3) is 0 Å². The summed E-state index contributed by atoms with van der Waals surface area (Å²) in [5.41, 5.74) is 7.83. The number of aliphatic hydroxyl groups excluding tert-OH is 1. The Morgan fingerprint density at radius 1 is 1.02 bits per heavy atom. The van der Waals surface area contributed by atoms with Gasteiger partial charge in [-0.3, -0.25) is 34.0 Å². The minimum Gasteiger partial charge on any atom is -0.507 e. The van der Waals surface area contributed by atoms with E-state index < -0.39 is 78.4 Å². The van der Waals surface area contributed by atoms with Crippen LogP contribution in [-0.2, 0) is 38.3 Å². The minimum absolute atomic E-state index is 0.00108. The number of para-hydroxylation sites is 1. The van der Waals surface area contributed by atoms with Crippen molar-refractivity contribution in [2.75, 3.05) is 39.8 Å². The fraction of sp³-hybridized carbons (Fsp3) is 0.576. The third kappa shape index (κ3) is 14.7. The van der Waals surface area contributed by atoms with Gasteiger partial charge in [-0.2, -0.15) is 0 Å². The van der Waals surface area contributed by atoms with Gasteiger partial charge in [-0.05, 0) is 64.1 Å². The Morgan fingerprint density at radius 2 is 1.69 bits per heavy atom. The smallest absolute Gasteiger partial charge is 0.326 e. The number of aliphatic carboxylic acids is 1. The van der Waals surface area contributed by atoms with E-state index in [0.717, 1.165) is 4.90 Å². The summed E-state index contributed by atoms with van der Waals surface area (Å²) < 4.78 is 5.42. The van der Waals surface area contributed by atoms with E-state index in [1.54, 1.807) is 18.2 Å². The van der Waals surface area contributed by atoms with Gasteiger partial charge in [-0.15, -0.1) is 0 Å². The van der Waals surface area contributed by atoms with Crippen LogP contribution in [0.2, 0.25) is 0 Å². The molecule has 2 rings (SSSR count). The van der Waals surface area contributed by atoms with Crippen LogP contribution in [0.5, 0.6) is 5.75 Å². The Bertz CT molecular complexity index is 1510. The number of likely N-dealkylation sites (N-methyl/N-ethyl adjacent to an activating group) is 1. The number of rotatable bonds is 25. The van der Waals surface area contributed by atoms with Crippen LogP contribution < -0.4 is 32.5 Å². The van der Waals surface area contributed by atoms with Crippen LogP contribution in [0.4, 0.5) is 0 Å². The Kier molecular flexibility index (Phi) is 19.4. The van der Waals surface area contributed by atoms with Crippen molar-refractivity contribution in [3.05, 3.63) is 29.8 Å². The van der Waals surface area contributed by atoms with Crippen molar-refractivity contribution in [3.63, 3.8) is 0 Å². The molecule has 0 unspecified atom stereocenters. The average Bonchev–Trinajstić information content (AvgIpc) is 3.65. The van der Waals surface area contributed by atoms with E-state index in [2.05, 4.69) is 26.3 Å². The van der Waals surface area contributed by atoms with E-state index in [9.17, 15) is 54.1 Å². The Balaban J connectivity index is 2.14. The molecule has 55 heavy (non-hydrogen) atoms. The molecule has 0 fully saturated rings. The Labute approximate surface area is 316 Å². The quantitative estimate of drug-likeness (QED) is 0.0199. The van der Waals surface area contributed by atoms with Crippen LogP contribution in [0.1, 0.15) is 51.0 Å². The van der Waals surface area contributed by atoms with Gasteiger partial charge < -0.3 is 57.2 Å². The number of benzene rings is 1. The zero-order chi connectivity index (χ0) is 41.1. The molecule has 0 aliphatic carbocycles. The second-order valence-corrected chi connectivity index (χ2v) is 12.6. The normalized spacial score (nSPS) is 16.2. The number of carboxylic acid groups (broad SMARTS) is 1. The van der Waals surface area contributed by atoms with Crippen molar-refractivity contribution >= 4 is 47.8 Å². The van der Waals surface area contributed by atoms with Crippen LogP contribution in [0.25, 0.3) is 0 Å². The molecule has 1 aromatic carbocycles. The lowest BCUT2D eigenvalue weighted by Gasteiger charge is -2.33. The number of phenolic OH excluding ortho intramolecular Hbond substituents is 1. The molecule has 1 heterocycles. The molecule has 22 heteroatoms. The molecule has 0 saturated carbocycles. The highest BCUT2D eigenvalue weighted by Gasteiger charge is 2.36. The molecule has 0 saturated heterocycles. The molecule has 0 radical (unpaired) electrons. The van der Waals surface area contributed by atoms with Gasteiger partial charge in [0.05, 0.1) is 18.2 Å². The molecule has 6 amide bonds. The molecule has 6 atom stereocenters. The monoisotopic (exact) mass is 781 g/mol. The molecule has 1 aliphatic heterocycles. The number of carbonyl (C=O) groups is 7. The fourth-order valence-electron chi connectivity index (χ4n) is 5.35. The third-order valence-corrected chi connectivity index (χ3v) is 8.41. The van der Waals surface area contributed by atoms with Crippen molar-refractivity contribution in [1.82, 2.24) is 36.7 Å². The second kappa shape index (κ2) is 23.4. The topological polar surface area (TPSA) is 335 Å². The number of nitrogens with two attached hydrogens (primary N) is 1. The number of hydrogen-bond donors (Lipinski definition) is 11. The maximum absolute atomic E-state index is 13.7. The lowest BCUT2D eigenvalue weighted by atomic mass is 10.0. The SMILES string of the molecule is C[C@@H](O)[C@@H](NC(=O)CNC(=O)[C@@H]1COC(c2ccccc2O)=N1)C(=O)N(C)[C@@H](CCCNO)C(=O)N[C@@H](CCCN)C(=O)N[C@@H](CCCN(O)C=O)C(=O)O. The van der Waals surface area contributed by atoms with Crippen LogP contribution in [0, 0.1) is 0 Å². The number of aliphatic imine (C=N–C) groups is 1. The number of carboxylic acids is 1. The van der Waals surface area contributed by atoms with Gasteiger partial charge in [-0.25, -0.2) is 20.3 Å². The van der Waals surface area contributed by atoms with E-state index in [0.29, 0.717) is 5.06 Å². The van der Waals surface area contributed by atoms with E-state index in [-0.39, 0.29) is 88.4 Å². The molecular formula is C33H51N9O13. The molecule has 1 aliphatic rings. The zero-order valence-electron chi connectivity index (χ0n) is 30.6. The maximum Gasteiger partial charge on any atom is 0.326 e. The number of ether oxygens (including phenoxy) is 1. The predicted octanol–water partition coefficient (Wildman–Crippen LogP) is -3.47. The summed E-state index contributed by atoms with van der Waals surface area (Å²) >= 11 is 0. The van der Waals surface area contributed by atoms with E-state index in [1.807, 2.05) is 5.48 Å². The van der Waals surface area contributed by atoms with Crippen LogP contribution in [0.3, 0.4) is 0 Å². The molecule has 1 aromatic rings. The van der Waals surface area contributed by atoms with Crippen LogP contribution >= 0.6 is 0 Å². The highest BCUT2D eigenvalue weighted by molar-refractivity contribution is 6.01. The van der Waals surface area contributed by atoms with Gasteiger partial charge >= 0.3 is 5.97 Å². The first-order valence-corrected chi connectivity index (χ1v) is 17.5. The highest BCUT2D eigenvalue weighted by atomic mass is 16.5. The molecule has 0 spiro atoms. The zero-order valence-corrected chi connectivity index (χ0v) is 30.6. The first kappa shape index (κ1) is 45.7. The summed E-state index contributed by atoms with van der Waals surface area (Å²) in [4.78, 5) is 93.8. The van der Waals surface area contributed by atoms with Crippen molar-refractivity contribution < 1.29 is 64.0 Å². The van der Waals surface area contributed by atoms with Gasteiger partial charge in [0.2, 0.25) is 41.8 Å². The number of nitrogens with zero attached hydrogens (tertiary/aromatic N) is 3. The van der Waals surface area contributed by atoms with E-state index >= 15 is 0 Å². The summed E-state index contributed by atoms with van der Waals surface area (Å²) in [5.74, 6) is -5.69. The predicted molar refractivity (Wildman–Crippen MR) is 190 cm³/mol. The number of amides is 6. The summed E-state index contributed by atoms with van der Waals surface area (Å²) in [5, 5.41) is 58.4. The second-order valence-electron chi connectivity index (χ2n) is 12.6. The molecule has 306 valence electrons. The molecule has 22 nitrogen and oxygen atoms in total. The van der Waals surface area contributed by atoms with Crippen molar-refractivity contribution in [2.24, 2.45) is 10.7 Å². The van der Waals surface area contributed by atoms with E-state index in [4.69, 9.17) is 15.7 Å². The summed E-state index contributed by atoms with van der Waals surface area (Å²) in [6, 6.07) is -0.527. The Morgan fingerprint density at radius 3 is 2.31 bits per heavy atom. The molecular weight excluding hydrogens is 730 g/mol. The number of nitrogens with one attached hydrogen (secondary N) is 5. The number of hydrogen-bond acceptors (Lipinski definition) is 15. The molecule has 12 N–H and O–H groups in total. The van der Waals surface area contributed by atoms with Gasteiger partial charge in [-0.1, -0.05) is 12.1 Å². The number of phenols is 1. The first-order chi connectivity index (χ1) is 26.1. The standard InChI is InChI=1S/C33H51N9O13/c1-19(44)27(40-26(46)16-35-28(47)23-17-55-31(39-23)20-8-3-4-12-25(20)45)32(50)41(2)24(11-6-14-36-53)30(49)37-21(9-5-13-34)29(48)38-22(33(51)52)10-7-15-42(54)18-43/h3-4,8,12,18-19,21-24,27,36,44-45,53-54H,5-7,9-11,13-17,34H2,1-2H3,(H,35,47)(H,37,49)(H,38,48)(H,40,46)(H,51,52)/t19-,21+,22+,23+,24+,27-/m1/s1. The van der Waals surface area contributed by atoms with Crippen LogP contribution in [-0.4, -0.2) is 160 Å². The van der Waals surface area contributed by atoms with Crippen LogP contribution in [0.15, 0.2) is 29.3 Å². The highest BCUT2D eigenvalue weighted by Crippen LogP contribution is 2.21. The largest absolute Gasteiger partial charge is 0.507 e. The number of carbonyl (C=O) groups excluding carboxylic acids is 6. The number of aliphatic hydroxyl groups is 1. The lowest BCUT2D eigenvalue weighted by Crippen LogP contribution is -2.60. The van der Waals surface area contributed by atoms with Crippen molar-refractivity contribution in [1.29, 1.82) is 0 Å². The first-order valence-electron chi connectivity index (χ1n) is 17.5. The van der Waals surface area contributed by atoms with E-state index in [1.165, 1.54) is 20.0 Å². The number of aromatic hydroxyl groups is 1. The minimum atomic E-state index is -1.61. The number of hydroxylamine groups is 3. The Hall–Kier alpha value is -5.42. The van der Waals surface area contributed by atoms with Gasteiger partial charge in [0, 0.05) is 20.1 Å². The molecule has 0 bridgehead atoms. The fourth-order valence-corrected chi connectivity index (χ4v) is 5.35. The summed E-state index contributed by atoms with van der Waals surface area (Å²) in [7, 11) is 1.22. The van der Waals surface area contributed by atoms with Crippen molar-refractivity contribution in [3.8, 4) is 5.75 Å². The van der Waals surface area contributed by atoms with Crippen molar-refractivity contribution in [2.45, 2.75) is 81.8 Å². The third-order valence-electron chi connectivity index (χ3n) is 8.41. The summed E-state index contributed by atoms with van der Waals surface area (Å²) in [6.45, 7) is 0.340. The van der Waals surface area contributed by atoms with Gasteiger partial charge in [0.1, 0.15) is 36.5 Å². The van der Waals surface area contributed by atoms with Gasteiger partial charge in [0.15, 0.2) is 6.04 Å². The maximum atomic E-state index is 13.7. The average molecular weight is 782 g/mol. The lowest BCUT2D eigenvalue weighted by molar-refractivity contribution is -0.150.